The van der Waals surface area contributed by atoms with Gasteiger partial charge in [0.15, 0.2) is 0 Å². The third-order valence-electron chi connectivity index (χ3n) is 14.5. The first-order chi connectivity index (χ1) is 26.6. The van der Waals surface area contributed by atoms with Gasteiger partial charge in [-0.05, 0) is 172 Å². The Kier molecular flexibility index (Phi) is 6.93. The van der Waals surface area contributed by atoms with Gasteiger partial charge in [-0.3, -0.25) is 0 Å². The smallest absolute Gasteiger partial charge is 0.118 e. The summed E-state index contributed by atoms with van der Waals surface area (Å²) in [5, 5.41) is 10.8. The molecule has 0 heterocycles. The van der Waals surface area contributed by atoms with Gasteiger partial charge >= 0.3 is 0 Å². The SMILES string of the molecule is COc1ccc(-c2cc3cc4cc(-c5ccc(C)cc5)c5c6c(ccc5c4cc3c3ccc4c(c23)C2CCCCC2C4(C)C)C(C)(C)c2ccccc2-6)cc1. The Morgan fingerprint density at radius 1 is 0.545 bits per heavy atom. The molecule has 8 aromatic carbocycles. The lowest BCUT2D eigenvalue weighted by Gasteiger charge is -2.34. The predicted octanol–water partition coefficient (Wildman–Crippen LogP) is 14.8. The summed E-state index contributed by atoms with van der Waals surface area (Å²) in [6, 6.07) is 47.0. The molecule has 1 fully saturated rings. The molecule has 1 heteroatoms. The average Bonchev–Trinajstić information content (AvgIpc) is 3.59. The quantitative estimate of drug-likeness (QED) is 0.131. The van der Waals surface area contributed by atoms with E-state index in [4.69, 9.17) is 4.74 Å². The van der Waals surface area contributed by atoms with Gasteiger partial charge in [-0.2, -0.15) is 0 Å². The van der Waals surface area contributed by atoms with Gasteiger partial charge < -0.3 is 4.74 Å². The molecule has 8 aromatic rings. The average molecular weight is 713 g/mol. The molecular weight excluding hydrogens is 665 g/mol. The molecule has 2 unspecified atom stereocenters. The van der Waals surface area contributed by atoms with Crippen LogP contribution in [0, 0.1) is 12.8 Å². The van der Waals surface area contributed by atoms with Gasteiger partial charge in [0.05, 0.1) is 7.11 Å². The first kappa shape index (κ1) is 33.0. The van der Waals surface area contributed by atoms with Gasteiger partial charge in [-0.15, -0.1) is 0 Å². The fourth-order valence-electron chi connectivity index (χ4n) is 11.7. The van der Waals surface area contributed by atoms with Crippen LogP contribution in [0.2, 0.25) is 0 Å². The first-order valence-corrected chi connectivity index (χ1v) is 20.4. The zero-order valence-electron chi connectivity index (χ0n) is 32.9. The van der Waals surface area contributed by atoms with Gasteiger partial charge in [-0.25, -0.2) is 0 Å². The highest BCUT2D eigenvalue weighted by molar-refractivity contribution is 6.25. The molecule has 1 saturated carbocycles. The minimum atomic E-state index is -0.0673. The molecule has 270 valence electrons. The summed E-state index contributed by atoms with van der Waals surface area (Å²) in [7, 11) is 1.76. The summed E-state index contributed by atoms with van der Waals surface area (Å²) in [5.41, 5.74) is 15.4. The van der Waals surface area contributed by atoms with E-state index in [1.54, 1.807) is 18.2 Å². The molecule has 0 spiro atoms. The Morgan fingerprint density at radius 3 is 1.87 bits per heavy atom. The maximum atomic E-state index is 5.63. The highest BCUT2D eigenvalue weighted by atomic mass is 16.5. The third-order valence-corrected chi connectivity index (χ3v) is 14.5. The number of benzene rings is 8. The zero-order chi connectivity index (χ0) is 37.4. The zero-order valence-corrected chi connectivity index (χ0v) is 32.9. The van der Waals surface area contributed by atoms with Gasteiger partial charge in [0.25, 0.3) is 0 Å². The van der Waals surface area contributed by atoms with Crippen molar-refractivity contribution in [2.24, 2.45) is 5.92 Å². The van der Waals surface area contributed by atoms with Crippen molar-refractivity contribution in [3.05, 3.63) is 149 Å². The summed E-state index contributed by atoms with van der Waals surface area (Å²) >= 11 is 0. The van der Waals surface area contributed by atoms with Crippen molar-refractivity contribution in [2.75, 3.05) is 7.11 Å². The van der Waals surface area contributed by atoms with Crippen molar-refractivity contribution in [3.63, 3.8) is 0 Å². The Balaban J connectivity index is 1.28. The maximum Gasteiger partial charge on any atom is 0.118 e. The minimum Gasteiger partial charge on any atom is -0.497 e. The largest absolute Gasteiger partial charge is 0.497 e. The number of aryl methyl sites for hydroxylation is 1. The molecule has 0 radical (unpaired) electrons. The van der Waals surface area contributed by atoms with Crippen molar-refractivity contribution in [3.8, 4) is 39.1 Å². The van der Waals surface area contributed by atoms with Crippen molar-refractivity contribution in [1.82, 2.24) is 0 Å². The van der Waals surface area contributed by atoms with Crippen LogP contribution in [0.1, 0.15) is 87.1 Å². The minimum absolute atomic E-state index is 0.0673. The summed E-state index contributed by atoms with van der Waals surface area (Å²) in [5.74, 6) is 2.18. The molecule has 0 amide bonds. The fourth-order valence-corrected chi connectivity index (χ4v) is 11.7. The van der Waals surface area contributed by atoms with Crippen LogP contribution in [0.5, 0.6) is 5.75 Å². The van der Waals surface area contributed by atoms with Gasteiger partial charge in [0, 0.05) is 5.41 Å². The molecule has 3 aliphatic rings. The van der Waals surface area contributed by atoms with Crippen LogP contribution in [0.25, 0.3) is 76.5 Å². The van der Waals surface area contributed by atoms with E-state index in [-0.39, 0.29) is 10.8 Å². The van der Waals surface area contributed by atoms with E-state index in [1.165, 1.54) is 119 Å². The normalized spacial score (nSPS) is 19.1. The monoisotopic (exact) mass is 712 g/mol. The molecule has 3 aliphatic carbocycles. The number of fused-ring (bicyclic) bond motifs is 14. The Labute approximate surface area is 325 Å². The van der Waals surface area contributed by atoms with Crippen LogP contribution in [0.4, 0.5) is 0 Å². The van der Waals surface area contributed by atoms with Crippen LogP contribution >= 0.6 is 0 Å². The molecule has 0 aliphatic heterocycles. The van der Waals surface area contributed by atoms with Crippen molar-refractivity contribution >= 4 is 43.1 Å². The van der Waals surface area contributed by atoms with Crippen LogP contribution in [0.15, 0.2) is 121 Å². The van der Waals surface area contributed by atoms with Crippen molar-refractivity contribution < 1.29 is 4.74 Å². The number of methoxy groups -OCH3 is 1. The van der Waals surface area contributed by atoms with Gasteiger partial charge in [0.1, 0.15) is 5.75 Å². The lowest BCUT2D eigenvalue weighted by molar-refractivity contribution is 0.233. The molecule has 55 heavy (non-hydrogen) atoms. The molecule has 2 atom stereocenters. The molecule has 0 saturated heterocycles. The number of ether oxygens (including phenoxy) is 1. The van der Waals surface area contributed by atoms with Crippen LogP contribution in [0.3, 0.4) is 0 Å². The van der Waals surface area contributed by atoms with Gasteiger partial charge in [0.2, 0.25) is 0 Å². The molecule has 0 aromatic heterocycles. The molecular formula is C54H48O. The third kappa shape index (κ3) is 4.53. The van der Waals surface area contributed by atoms with E-state index in [9.17, 15) is 0 Å². The summed E-state index contributed by atoms with van der Waals surface area (Å²) in [6.45, 7) is 12.0. The highest BCUT2D eigenvalue weighted by Gasteiger charge is 2.48. The van der Waals surface area contributed by atoms with Crippen LogP contribution < -0.4 is 4.74 Å². The number of rotatable bonds is 3. The summed E-state index contributed by atoms with van der Waals surface area (Å²) in [6.07, 6.45) is 5.28. The van der Waals surface area contributed by atoms with E-state index in [2.05, 4.69) is 156 Å². The maximum absolute atomic E-state index is 5.63. The second-order valence-corrected chi connectivity index (χ2v) is 18.0. The summed E-state index contributed by atoms with van der Waals surface area (Å²) in [4.78, 5) is 0. The Morgan fingerprint density at radius 2 is 1.16 bits per heavy atom. The van der Waals surface area contributed by atoms with Crippen LogP contribution in [-0.2, 0) is 10.8 Å². The molecule has 1 nitrogen and oxygen atoms in total. The number of hydrogen-bond donors (Lipinski definition) is 0. The fraction of sp³-hybridized carbons (Fsp3) is 0.259. The first-order valence-electron chi connectivity index (χ1n) is 20.4. The summed E-state index contributed by atoms with van der Waals surface area (Å²) < 4.78 is 5.63. The molecule has 11 rings (SSSR count). The van der Waals surface area contributed by atoms with E-state index >= 15 is 0 Å². The Hall–Kier alpha value is -5.40. The second kappa shape index (κ2) is 11.6. The van der Waals surface area contributed by atoms with Crippen LogP contribution in [-0.4, -0.2) is 7.11 Å². The van der Waals surface area contributed by atoms with Crippen molar-refractivity contribution in [1.29, 1.82) is 0 Å². The van der Waals surface area contributed by atoms with E-state index in [0.717, 1.165) is 5.75 Å². The second-order valence-electron chi connectivity index (χ2n) is 18.0. The highest BCUT2D eigenvalue weighted by Crippen LogP contribution is 2.60. The lowest BCUT2D eigenvalue weighted by Crippen LogP contribution is -2.27. The molecule has 0 N–H and O–H groups in total. The van der Waals surface area contributed by atoms with Gasteiger partial charge in [-0.1, -0.05) is 131 Å². The molecule has 0 bridgehead atoms. The number of hydrogen-bond acceptors (Lipinski definition) is 1. The standard InChI is InChI=1S/C54H48O/c1-31-15-17-32(18-16-31)43-28-34-27-35-29-44(33-19-21-36(55-6)22-20-33)50-38(24-26-48-52(50)40-12-8-10-14-46(40)54(48,4)5)42(35)30-41(34)37-23-25-47-51(49(37)43)39-11-7-9-13-45(39)53(47,2)3/h7,9,11,13,15-30,40,46H,8,10,12,14H2,1-6H3. The topological polar surface area (TPSA) is 9.23 Å². The predicted molar refractivity (Wildman–Crippen MR) is 234 cm³/mol. The van der Waals surface area contributed by atoms with E-state index < -0.39 is 0 Å². The van der Waals surface area contributed by atoms with Crippen molar-refractivity contribution in [2.45, 2.75) is 77.0 Å². The Bertz CT molecular complexity index is 2900. The lowest BCUT2D eigenvalue weighted by atomic mass is 9.69. The van der Waals surface area contributed by atoms with E-state index in [1.807, 2.05) is 0 Å². The van der Waals surface area contributed by atoms with E-state index in [0.29, 0.717) is 11.8 Å².